The van der Waals surface area contributed by atoms with E-state index in [0.717, 1.165) is 5.46 Å². The quantitative estimate of drug-likeness (QED) is 0.244. The molecular weight excluding hydrogens is 453 g/mol. The number of hydrogen-bond donors (Lipinski definition) is 0. The summed E-state index contributed by atoms with van der Waals surface area (Å²) in [5.41, 5.74) is 9.22. The molecule has 0 amide bonds. The Morgan fingerprint density at radius 1 is 0.622 bits per heavy atom. The van der Waals surface area contributed by atoms with Crippen molar-refractivity contribution in [1.29, 1.82) is 0 Å². The van der Waals surface area contributed by atoms with Crippen molar-refractivity contribution in [3.63, 3.8) is 0 Å². The molecule has 0 radical (unpaired) electrons. The number of rotatable bonds is 2. The number of fused-ring (bicyclic) bond motifs is 6. The van der Waals surface area contributed by atoms with Crippen LogP contribution in [0.2, 0.25) is 0 Å². The normalized spacial score (nSPS) is 18.9. The second-order valence-corrected chi connectivity index (χ2v) is 12.1. The zero-order valence-electron chi connectivity index (χ0n) is 22.4. The van der Waals surface area contributed by atoms with Gasteiger partial charge >= 0.3 is 7.12 Å². The van der Waals surface area contributed by atoms with Crippen molar-refractivity contribution in [3.8, 4) is 16.8 Å². The van der Waals surface area contributed by atoms with Crippen LogP contribution in [0.3, 0.4) is 0 Å². The lowest BCUT2D eigenvalue weighted by atomic mass is 9.78. The molecule has 0 saturated carbocycles. The maximum absolute atomic E-state index is 6.44. The second-order valence-electron chi connectivity index (χ2n) is 12.1. The van der Waals surface area contributed by atoms with Crippen molar-refractivity contribution in [3.05, 3.63) is 96.1 Å². The van der Waals surface area contributed by atoms with Gasteiger partial charge in [0.15, 0.2) is 0 Å². The van der Waals surface area contributed by atoms with Crippen LogP contribution in [0.5, 0.6) is 0 Å². The van der Waals surface area contributed by atoms with Gasteiger partial charge in [0.05, 0.1) is 27.9 Å². The Kier molecular flexibility index (Phi) is 4.55. The summed E-state index contributed by atoms with van der Waals surface area (Å²) in [5.74, 6) is 0. The van der Waals surface area contributed by atoms with E-state index in [1.54, 1.807) is 0 Å². The topological polar surface area (TPSA) is 23.4 Å². The smallest absolute Gasteiger partial charge is 0.399 e. The summed E-state index contributed by atoms with van der Waals surface area (Å²) >= 11 is 0. The van der Waals surface area contributed by atoms with Gasteiger partial charge in [-0.15, -0.1) is 0 Å². The Labute approximate surface area is 219 Å². The van der Waals surface area contributed by atoms with Crippen molar-refractivity contribution < 1.29 is 9.31 Å². The number of hydrogen-bond acceptors (Lipinski definition) is 2. The summed E-state index contributed by atoms with van der Waals surface area (Å²) in [6, 6.07) is 31.0. The Hall–Kier alpha value is -3.34. The number of para-hydroxylation sites is 1. The minimum absolute atomic E-state index is 0.108. The minimum Gasteiger partial charge on any atom is -0.399 e. The number of nitrogens with zero attached hydrogens (tertiary/aromatic N) is 1. The van der Waals surface area contributed by atoms with E-state index in [0.29, 0.717) is 0 Å². The first-order valence-electron chi connectivity index (χ1n) is 13.2. The molecule has 0 unspecified atom stereocenters. The van der Waals surface area contributed by atoms with Gasteiger partial charge in [0.1, 0.15) is 0 Å². The Morgan fingerprint density at radius 2 is 1.27 bits per heavy atom. The fourth-order valence-electron chi connectivity index (χ4n) is 6.38. The van der Waals surface area contributed by atoms with Gasteiger partial charge in [0.2, 0.25) is 0 Å². The van der Waals surface area contributed by atoms with Gasteiger partial charge in [-0.3, -0.25) is 0 Å². The molecule has 37 heavy (non-hydrogen) atoms. The van der Waals surface area contributed by atoms with Crippen LogP contribution in [0.15, 0.2) is 84.9 Å². The second kappa shape index (κ2) is 7.37. The Morgan fingerprint density at radius 3 is 2.05 bits per heavy atom. The zero-order valence-corrected chi connectivity index (χ0v) is 22.4. The lowest BCUT2D eigenvalue weighted by Crippen LogP contribution is -2.41. The molecule has 184 valence electrons. The lowest BCUT2D eigenvalue weighted by Gasteiger charge is -2.32. The van der Waals surface area contributed by atoms with Crippen molar-refractivity contribution in [2.45, 2.75) is 58.2 Å². The highest BCUT2D eigenvalue weighted by Gasteiger charge is 2.51. The SMILES string of the molecule is CC1(C)c2ccccc2-c2cccc(-n3c4ccccc4c4ccc(B5OC(C)(C)C(C)(C)O5)cc43)c21. The zero-order chi connectivity index (χ0) is 25.7. The standard InChI is InChI=1S/C33H32BNO2/c1-31(2)26-15-9-7-12-22(26)25-14-11-17-28(30(25)31)35-27-16-10-8-13-23(27)24-19-18-21(20-29(24)35)34-36-32(3,4)33(5,6)37-34/h7-20H,1-6H3. The molecule has 0 N–H and O–H groups in total. The molecule has 0 spiro atoms. The van der Waals surface area contributed by atoms with Crippen LogP contribution in [0.25, 0.3) is 38.6 Å². The number of aromatic nitrogens is 1. The van der Waals surface area contributed by atoms with E-state index in [2.05, 4.69) is 131 Å². The number of benzene rings is 4. The third-order valence-corrected chi connectivity index (χ3v) is 9.02. The fourth-order valence-corrected chi connectivity index (χ4v) is 6.38. The first kappa shape index (κ1) is 22.8. The molecule has 1 aliphatic heterocycles. The molecule has 2 aliphatic rings. The molecule has 3 nitrogen and oxygen atoms in total. The van der Waals surface area contributed by atoms with E-state index in [4.69, 9.17) is 9.31 Å². The van der Waals surface area contributed by atoms with Crippen LogP contribution in [0.4, 0.5) is 0 Å². The van der Waals surface area contributed by atoms with E-state index < -0.39 is 7.12 Å². The average molecular weight is 485 g/mol. The van der Waals surface area contributed by atoms with E-state index in [1.165, 1.54) is 49.7 Å². The van der Waals surface area contributed by atoms with Crippen molar-refractivity contribution in [1.82, 2.24) is 4.57 Å². The Bertz CT molecular complexity index is 1710. The third-order valence-electron chi connectivity index (χ3n) is 9.02. The molecular formula is C33H32BNO2. The summed E-state index contributed by atoms with van der Waals surface area (Å²) in [6.45, 7) is 13.1. The van der Waals surface area contributed by atoms with Gasteiger partial charge in [-0.1, -0.05) is 80.6 Å². The van der Waals surface area contributed by atoms with Crippen LogP contribution in [0.1, 0.15) is 52.7 Å². The summed E-state index contributed by atoms with van der Waals surface area (Å²) in [6.07, 6.45) is 0. The van der Waals surface area contributed by atoms with Gasteiger partial charge in [0, 0.05) is 16.2 Å². The van der Waals surface area contributed by atoms with Crippen LogP contribution in [-0.4, -0.2) is 22.9 Å². The predicted molar refractivity (Wildman–Crippen MR) is 154 cm³/mol. The molecule has 0 atom stereocenters. The van der Waals surface area contributed by atoms with E-state index in [1.807, 2.05) is 0 Å². The maximum Gasteiger partial charge on any atom is 0.494 e. The van der Waals surface area contributed by atoms with Crippen molar-refractivity contribution in [2.75, 3.05) is 0 Å². The van der Waals surface area contributed by atoms with Crippen LogP contribution in [0, 0.1) is 0 Å². The maximum atomic E-state index is 6.44. The summed E-state index contributed by atoms with van der Waals surface area (Å²) in [5, 5.41) is 2.49. The molecule has 4 heteroatoms. The van der Waals surface area contributed by atoms with Crippen LogP contribution >= 0.6 is 0 Å². The molecule has 7 rings (SSSR count). The van der Waals surface area contributed by atoms with Gasteiger partial charge in [0.25, 0.3) is 0 Å². The van der Waals surface area contributed by atoms with Crippen LogP contribution in [-0.2, 0) is 14.7 Å². The largest absolute Gasteiger partial charge is 0.494 e. The average Bonchev–Trinajstić information content (AvgIpc) is 3.41. The van der Waals surface area contributed by atoms with Gasteiger partial charge in [-0.2, -0.15) is 0 Å². The fraction of sp³-hybridized carbons (Fsp3) is 0.273. The highest BCUT2D eigenvalue weighted by atomic mass is 16.7. The molecule has 1 fully saturated rings. The monoisotopic (exact) mass is 485 g/mol. The Balaban J connectivity index is 1.51. The van der Waals surface area contributed by atoms with E-state index in [9.17, 15) is 0 Å². The van der Waals surface area contributed by atoms with E-state index in [-0.39, 0.29) is 16.6 Å². The van der Waals surface area contributed by atoms with Crippen molar-refractivity contribution >= 4 is 34.4 Å². The molecule has 4 aromatic carbocycles. The molecule has 1 aliphatic carbocycles. The van der Waals surface area contributed by atoms with Crippen molar-refractivity contribution in [2.24, 2.45) is 0 Å². The minimum atomic E-state index is -0.400. The highest BCUT2D eigenvalue weighted by Crippen LogP contribution is 2.51. The summed E-state index contributed by atoms with van der Waals surface area (Å²) in [7, 11) is -0.400. The molecule has 1 aromatic heterocycles. The first-order valence-corrected chi connectivity index (χ1v) is 13.2. The first-order chi connectivity index (χ1) is 17.6. The van der Waals surface area contributed by atoms with Crippen LogP contribution < -0.4 is 5.46 Å². The predicted octanol–water partition coefficient (Wildman–Crippen LogP) is 7.39. The molecule has 0 bridgehead atoms. The van der Waals surface area contributed by atoms with E-state index >= 15 is 0 Å². The summed E-state index contributed by atoms with van der Waals surface area (Å²) in [4.78, 5) is 0. The van der Waals surface area contributed by atoms with Gasteiger partial charge < -0.3 is 13.9 Å². The lowest BCUT2D eigenvalue weighted by molar-refractivity contribution is 0.00578. The molecule has 5 aromatic rings. The highest BCUT2D eigenvalue weighted by molar-refractivity contribution is 6.62. The molecule has 2 heterocycles. The third kappa shape index (κ3) is 3.03. The van der Waals surface area contributed by atoms with Gasteiger partial charge in [-0.05, 0) is 73.6 Å². The molecule has 1 saturated heterocycles. The summed E-state index contributed by atoms with van der Waals surface area (Å²) < 4.78 is 15.3. The van der Waals surface area contributed by atoms with Gasteiger partial charge in [-0.25, -0.2) is 0 Å².